The fraction of sp³-hybridized carbons (Fsp3) is 0.250. The molecule has 0 amide bonds. The Bertz CT molecular complexity index is 576. The number of halogens is 4. The first-order valence-corrected chi connectivity index (χ1v) is 11.9. The normalized spacial score (nSPS) is 10.9. The van der Waals surface area contributed by atoms with E-state index in [1.165, 1.54) is 31.6 Å². The molecule has 0 aliphatic carbocycles. The van der Waals surface area contributed by atoms with Crippen LogP contribution in [0.15, 0.2) is 64.1 Å². The monoisotopic (exact) mass is 586 g/mol. The molecule has 0 spiro atoms. The third-order valence-electron chi connectivity index (χ3n) is 2.84. The van der Waals surface area contributed by atoms with Crippen LogP contribution in [-0.2, 0) is 0 Å². The van der Waals surface area contributed by atoms with Crippen molar-refractivity contribution in [2.45, 2.75) is 22.6 Å². The molecule has 0 bridgehead atoms. The second kappa shape index (κ2) is 10.1. The lowest BCUT2D eigenvalue weighted by Crippen LogP contribution is -1.86. The molecule has 0 saturated carbocycles. The maximum atomic E-state index is 3.61. The van der Waals surface area contributed by atoms with E-state index in [1.54, 1.807) is 0 Å². The summed E-state index contributed by atoms with van der Waals surface area (Å²) < 4.78 is 4.56. The lowest BCUT2D eigenvalue weighted by molar-refractivity contribution is 0.906. The molecule has 2 aromatic carbocycles. The average molecular weight is 590 g/mol. The Morgan fingerprint density at radius 1 is 0.636 bits per heavy atom. The molecule has 0 aromatic heterocycles. The van der Waals surface area contributed by atoms with E-state index >= 15 is 0 Å². The number of unbranched alkanes of at least 4 members (excludes halogenated alkanes) is 1. The molecule has 0 atom stereocenters. The maximum absolute atomic E-state index is 3.61. The van der Waals surface area contributed by atoms with Crippen molar-refractivity contribution in [3.8, 4) is 0 Å². The maximum Gasteiger partial charge on any atom is 0.0322 e. The van der Waals surface area contributed by atoms with E-state index in [1.807, 2.05) is 23.5 Å². The smallest absolute Gasteiger partial charge is 0.0322 e. The molecule has 0 heterocycles. The Balaban J connectivity index is 1.67. The molecule has 0 aliphatic heterocycles. The van der Waals surface area contributed by atoms with Gasteiger partial charge in [0, 0.05) is 27.7 Å². The van der Waals surface area contributed by atoms with Crippen LogP contribution in [-0.4, -0.2) is 11.5 Å². The van der Waals surface area contributed by atoms with Gasteiger partial charge in [0.15, 0.2) is 0 Å². The number of rotatable bonds is 7. The van der Waals surface area contributed by atoms with Gasteiger partial charge in [-0.25, -0.2) is 0 Å². The molecule has 0 N–H and O–H groups in total. The van der Waals surface area contributed by atoms with Gasteiger partial charge in [-0.15, -0.1) is 23.5 Å². The fourth-order valence-corrected chi connectivity index (χ4v) is 6.39. The Morgan fingerprint density at radius 2 is 1.05 bits per heavy atom. The van der Waals surface area contributed by atoms with Gasteiger partial charge in [-0.2, -0.15) is 0 Å². The number of hydrogen-bond acceptors (Lipinski definition) is 2. The van der Waals surface area contributed by atoms with Crippen LogP contribution in [0.3, 0.4) is 0 Å². The Hall–Kier alpha value is 1.06. The highest BCUT2D eigenvalue weighted by Crippen LogP contribution is 2.32. The van der Waals surface area contributed by atoms with E-state index in [9.17, 15) is 0 Å². The molecule has 118 valence electrons. The second-order valence-corrected chi connectivity index (χ2v) is 10.4. The van der Waals surface area contributed by atoms with Crippen molar-refractivity contribution in [3.63, 3.8) is 0 Å². The predicted octanol–water partition coefficient (Wildman–Crippen LogP) is 8.40. The topological polar surface area (TPSA) is 0 Å². The van der Waals surface area contributed by atoms with E-state index in [4.69, 9.17) is 0 Å². The lowest BCUT2D eigenvalue weighted by atomic mass is 10.4. The van der Waals surface area contributed by atoms with E-state index in [-0.39, 0.29) is 0 Å². The van der Waals surface area contributed by atoms with Crippen molar-refractivity contribution in [3.05, 3.63) is 54.3 Å². The van der Waals surface area contributed by atoms with Crippen LogP contribution in [0.5, 0.6) is 0 Å². The minimum absolute atomic E-state index is 1.11. The van der Waals surface area contributed by atoms with Crippen molar-refractivity contribution in [1.29, 1.82) is 0 Å². The lowest BCUT2D eigenvalue weighted by Gasteiger charge is -2.06. The molecule has 6 heteroatoms. The molecule has 2 aromatic rings. The highest BCUT2D eigenvalue weighted by Gasteiger charge is 2.03. The van der Waals surface area contributed by atoms with E-state index in [2.05, 4.69) is 100 Å². The fourth-order valence-electron chi connectivity index (χ4n) is 1.75. The summed E-state index contributed by atoms with van der Waals surface area (Å²) in [4.78, 5) is 2.62. The molecule has 22 heavy (non-hydrogen) atoms. The standard InChI is InChI=1S/C16H14Br4S2/c17-11-3-5-15(13(19)9-11)21-7-1-2-8-22-16-6-4-12(18)10-14(16)20/h3-6,9-10H,1-2,7-8H2. The quantitative estimate of drug-likeness (QED) is 0.235. The van der Waals surface area contributed by atoms with E-state index < -0.39 is 0 Å². The summed E-state index contributed by atoms with van der Waals surface area (Å²) in [6.45, 7) is 0. The van der Waals surface area contributed by atoms with Crippen LogP contribution in [0.2, 0.25) is 0 Å². The third-order valence-corrected chi connectivity index (χ3v) is 7.98. The molecular weight excluding hydrogens is 576 g/mol. The Morgan fingerprint density at radius 3 is 1.41 bits per heavy atom. The molecule has 0 nitrogen and oxygen atoms in total. The van der Waals surface area contributed by atoms with Crippen LogP contribution in [0.1, 0.15) is 12.8 Å². The van der Waals surface area contributed by atoms with Crippen LogP contribution in [0.25, 0.3) is 0 Å². The van der Waals surface area contributed by atoms with Crippen molar-refractivity contribution in [2.75, 3.05) is 11.5 Å². The largest absolute Gasteiger partial charge is 0.125 e. The summed E-state index contributed by atoms with van der Waals surface area (Å²) in [5.74, 6) is 2.31. The van der Waals surface area contributed by atoms with Crippen molar-refractivity contribution in [2.24, 2.45) is 0 Å². The number of thioether (sulfide) groups is 2. The first kappa shape index (κ1) is 19.4. The van der Waals surface area contributed by atoms with Gasteiger partial charge in [-0.05, 0) is 92.6 Å². The van der Waals surface area contributed by atoms with Gasteiger partial charge in [0.25, 0.3) is 0 Å². The highest BCUT2D eigenvalue weighted by molar-refractivity contribution is 9.11. The van der Waals surface area contributed by atoms with Crippen LogP contribution < -0.4 is 0 Å². The Labute approximate surface area is 174 Å². The summed E-state index contributed by atoms with van der Waals surface area (Å²) >= 11 is 18.0. The number of hydrogen-bond donors (Lipinski definition) is 0. The molecule has 0 fully saturated rings. The minimum atomic E-state index is 1.11. The van der Waals surface area contributed by atoms with Crippen molar-refractivity contribution < 1.29 is 0 Å². The molecule has 0 saturated heterocycles. The van der Waals surface area contributed by atoms with Crippen molar-refractivity contribution in [1.82, 2.24) is 0 Å². The zero-order valence-electron chi connectivity index (χ0n) is 11.6. The molecule has 0 aliphatic rings. The molecule has 0 radical (unpaired) electrons. The first-order valence-electron chi connectivity index (χ1n) is 6.72. The van der Waals surface area contributed by atoms with Crippen molar-refractivity contribution >= 4 is 87.2 Å². The van der Waals surface area contributed by atoms with Gasteiger partial charge in [0.1, 0.15) is 0 Å². The minimum Gasteiger partial charge on any atom is -0.125 e. The summed E-state index contributed by atoms with van der Waals surface area (Å²) in [7, 11) is 0. The van der Waals surface area contributed by atoms with Crippen LogP contribution in [0.4, 0.5) is 0 Å². The van der Waals surface area contributed by atoms with Gasteiger partial charge in [0.2, 0.25) is 0 Å². The first-order chi connectivity index (χ1) is 10.6. The summed E-state index contributed by atoms with van der Waals surface area (Å²) in [6.07, 6.45) is 2.46. The Kier molecular flexibility index (Phi) is 8.94. The summed E-state index contributed by atoms with van der Waals surface area (Å²) in [5.41, 5.74) is 0. The molecule has 0 unspecified atom stereocenters. The summed E-state index contributed by atoms with van der Waals surface area (Å²) in [6, 6.07) is 12.7. The van der Waals surface area contributed by atoms with Crippen LogP contribution >= 0.6 is 87.2 Å². The third kappa shape index (κ3) is 6.52. The zero-order valence-corrected chi connectivity index (χ0v) is 19.6. The highest BCUT2D eigenvalue weighted by atomic mass is 79.9. The SMILES string of the molecule is Brc1ccc(SCCCCSc2ccc(Br)cc2Br)c(Br)c1. The average Bonchev–Trinajstić information content (AvgIpc) is 2.46. The predicted molar refractivity (Wildman–Crippen MR) is 114 cm³/mol. The van der Waals surface area contributed by atoms with Gasteiger partial charge in [-0.3, -0.25) is 0 Å². The van der Waals surface area contributed by atoms with Gasteiger partial charge in [-0.1, -0.05) is 31.9 Å². The molecular formula is C16H14Br4S2. The van der Waals surface area contributed by atoms with Crippen LogP contribution in [0, 0.1) is 0 Å². The van der Waals surface area contributed by atoms with Gasteiger partial charge < -0.3 is 0 Å². The number of benzene rings is 2. The van der Waals surface area contributed by atoms with E-state index in [0.717, 1.165) is 20.5 Å². The van der Waals surface area contributed by atoms with Gasteiger partial charge >= 0.3 is 0 Å². The second-order valence-electron chi connectivity index (χ2n) is 4.55. The zero-order chi connectivity index (χ0) is 15.9. The molecule has 2 rings (SSSR count). The van der Waals surface area contributed by atoms with Gasteiger partial charge in [0.05, 0.1) is 0 Å². The summed E-state index contributed by atoms with van der Waals surface area (Å²) in [5, 5.41) is 0. The van der Waals surface area contributed by atoms with E-state index in [0.29, 0.717) is 0 Å².